The molecule has 0 spiro atoms. The zero-order valence-corrected chi connectivity index (χ0v) is 17.8. The lowest BCUT2D eigenvalue weighted by Crippen LogP contribution is -2.31. The number of Topliss-reactive ketones (excluding diaryl/α,β-unsaturated/α-hetero) is 1. The van der Waals surface area contributed by atoms with E-state index in [2.05, 4.69) is 5.32 Å². The Balaban J connectivity index is 1.40. The van der Waals surface area contributed by atoms with E-state index in [4.69, 9.17) is 20.3 Å². The number of aromatic carboxylic acids is 1. The van der Waals surface area contributed by atoms with E-state index in [0.717, 1.165) is 22.3 Å². The van der Waals surface area contributed by atoms with Gasteiger partial charge < -0.3 is 25.6 Å². The van der Waals surface area contributed by atoms with Crippen LogP contribution in [0.15, 0.2) is 60.7 Å². The molecule has 168 valence electrons. The van der Waals surface area contributed by atoms with Gasteiger partial charge in [-0.3, -0.25) is 4.79 Å². The molecule has 4 N–H and O–H groups in total. The van der Waals surface area contributed by atoms with Crippen LogP contribution in [0, 0.1) is 0 Å². The molecule has 0 saturated carbocycles. The number of carboxylic acid groups (broad SMARTS) is 1. The zero-order valence-electron chi connectivity index (χ0n) is 17.8. The average Bonchev–Trinajstić information content (AvgIpc) is 3.14. The highest BCUT2D eigenvalue weighted by Gasteiger charge is 2.29. The van der Waals surface area contributed by atoms with Gasteiger partial charge in [0.05, 0.1) is 30.5 Å². The number of amides is 1. The maximum absolute atomic E-state index is 12.6. The van der Waals surface area contributed by atoms with Gasteiger partial charge in [-0.05, 0) is 34.4 Å². The minimum atomic E-state index is -1.23. The molecule has 1 aliphatic carbocycles. The van der Waals surface area contributed by atoms with Crippen molar-refractivity contribution in [1.29, 1.82) is 0 Å². The Morgan fingerprint density at radius 1 is 0.939 bits per heavy atom. The summed E-state index contributed by atoms with van der Waals surface area (Å²) in [6.45, 7) is -0.240. The predicted octanol–water partition coefficient (Wildman–Crippen LogP) is 3.70. The SMILES string of the molecule is COc1c(C(=O)CNC(=O)OCC2c3ccccc3-c3ccccc32)ccc(C(=O)O)c1N. The van der Waals surface area contributed by atoms with Crippen molar-refractivity contribution in [3.8, 4) is 16.9 Å². The van der Waals surface area contributed by atoms with Gasteiger partial charge in [-0.25, -0.2) is 9.59 Å². The van der Waals surface area contributed by atoms with Crippen LogP contribution < -0.4 is 15.8 Å². The first-order valence-corrected chi connectivity index (χ1v) is 10.2. The van der Waals surface area contributed by atoms with Crippen LogP contribution in [0.1, 0.15) is 37.8 Å². The molecular weight excluding hydrogens is 424 g/mol. The van der Waals surface area contributed by atoms with Crippen LogP contribution in [0.3, 0.4) is 0 Å². The van der Waals surface area contributed by atoms with Crippen molar-refractivity contribution in [2.45, 2.75) is 5.92 Å². The van der Waals surface area contributed by atoms with Crippen LogP contribution in [-0.2, 0) is 4.74 Å². The number of carbonyl (C=O) groups is 3. The van der Waals surface area contributed by atoms with Crippen molar-refractivity contribution < 1.29 is 29.0 Å². The van der Waals surface area contributed by atoms with E-state index in [9.17, 15) is 14.4 Å². The lowest BCUT2D eigenvalue weighted by molar-refractivity contribution is 0.0697. The molecule has 0 bridgehead atoms. The minimum Gasteiger partial charge on any atom is -0.494 e. The van der Waals surface area contributed by atoms with Crippen molar-refractivity contribution in [3.05, 3.63) is 82.9 Å². The van der Waals surface area contributed by atoms with E-state index in [0.29, 0.717) is 0 Å². The highest BCUT2D eigenvalue weighted by atomic mass is 16.5. The molecule has 4 rings (SSSR count). The molecule has 8 nitrogen and oxygen atoms in total. The standard InChI is InChI=1S/C25H22N2O6/c1-32-23-18(10-11-19(22(23)26)24(29)30)21(28)12-27-25(31)33-13-20-16-8-4-2-6-14(16)15-7-3-5-9-17(15)20/h2-11,20H,12-13,26H2,1H3,(H,27,31)(H,29,30). The first-order valence-electron chi connectivity index (χ1n) is 10.2. The molecule has 0 unspecified atom stereocenters. The number of ketones is 1. The maximum Gasteiger partial charge on any atom is 0.407 e. The molecule has 33 heavy (non-hydrogen) atoms. The van der Waals surface area contributed by atoms with Gasteiger partial charge >= 0.3 is 12.1 Å². The van der Waals surface area contributed by atoms with Crippen molar-refractivity contribution in [2.24, 2.45) is 0 Å². The fourth-order valence-corrected chi connectivity index (χ4v) is 4.12. The van der Waals surface area contributed by atoms with Gasteiger partial charge in [0.25, 0.3) is 0 Å². The molecule has 0 heterocycles. The number of ether oxygens (including phenoxy) is 2. The second-order valence-corrected chi connectivity index (χ2v) is 7.52. The van der Waals surface area contributed by atoms with Crippen molar-refractivity contribution in [2.75, 3.05) is 26.0 Å². The van der Waals surface area contributed by atoms with Crippen LogP contribution >= 0.6 is 0 Å². The summed E-state index contributed by atoms with van der Waals surface area (Å²) in [6, 6.07) is 18.5. The third-order valence-corrected chi connectivity index (χ3v) is 5.67. The van der Waals surface area contributed by atoms with Crippen LogP contribution in [0.5, 0.6) is 5.75 Å². The molecule has 0 aromatic heterocycles. The van der Waals surface area contributed by atoms with Gasteiger partial charge in [-0.15, -0.1) is 0 Å². The average molecular weight is 446 g/mol. The number of fused-ring (bicyclic) bond motifs is 3. The van der Waals surface area contributed by atoms with Gasteiger partial charge in [0.1, 0.15) is 6.61 Å². The fourth-order valence-electron chi connectivity index (χ4n) is 4.12. The monoisotopic (exact) mass is 446 g/mol. The Morgan fingerprint density at radius 2 is 1.52 bits per heavy atom. The van der Waals surface area contributed by atoms with Crippen LogP contribution in [-0.4, -0.2) is 43.2 Å². The quantitative estimate of drug-likeness (QED) is 0.373. The van der Waals surface area contributed by atoms with Gasteiger partial charge in [0, 0.05) is 5.92 Å². The summed E-state index contributed by atoms with van der Waals surface area (Å²) < 4.78 is 10.5. The van der Waals surface area contributed by atoms with Crippen LogP contribution in [0.25, 0.3) is 11.1 Å². The summed E-state index contributed by atoms with van der Waals surface area (Å²) in [5.74, 6) is -1.87. The number of methoxy groups -OCH3 is 1. The topological polar surface area (TPSA) is 128 Å². The molecule has 0 atom stereocenters. The second kappa shape index (κ2) is 9.04. The van der Waals surface area contributed by atoms with E-state index in [-0.39, 0.29) is 41.6 Å². The molecule has 0 radical (unpaired) electrons. The fraction of sp³-hybridized carbons (Fsp3) is 0.160. The Hall–Kier alpha value is -4.33. The third-order valence-electron chi connectivity index (χ3n) is 5.67. The number of anilines is 1. The molecule has 8 heteroatoms. The Kier molecular flexibility index (Phi) is 5.99. The largest absolute Gasteiger partial charge is 0.494 e. The number of alkyl carbamates (subject to hydrolysis) is 1. The van der Waals surface area contributed by atoms with Crippen molar-refractivity contribution in [1.82, 2.24) is 5.32 Å². The predicted molar refractivity (Wildman–Crippen MR) is 122 cm³/mol. The van der Waals surface area contributed by atoms with Gasteiger partial charge in [0.15, 0.2) is 11.5 Å². The van der Waals surface area contributed by atoms with E-state index >= 15 is 0 Å². The summed E-state index contributed by atoms with van der Waals surface area (Å²) in [5, 5.41) is 11.6. The van der Waals surface area contributed by atoms with E-state index in [1.165, 1.54) is 19.2 Å². The number of carboxylic acids is 1. The highest BCUT2D eigenvalue weighted by molar-refractivity contribution is 6.05. The summed E-state index contributed by atoms with van der Waals surface area (Å²) in [4.78, 5) is 36.1. The first kappa shape index (κ1) is 21.9. The normalized spacial score (nSPS) is 11.9. The van der Waals surface area contributed by atoms with E-state index in [1.807, 2.05) is 48.5 Å². The van der Waals surface area contributed by atoms with E-state index < -0.39 is 17.8 Å². The highest BCUT2D eigenvalue weighted by Crippen LogP contribution is 2.44. The number of nitrogen functional groups attached to an aromatic ring is 1. The number of carbonyl (C=O) groups excluding carboxylic acids is 2. The zero-order chi connectivity index (χ0) is 23.5. The van der Waals surface area contributed by atoms with Gasteiger partial charge in [-0.2, -0.15) is 0 Å². The molecule has 3 aromatic carbocycles. The Morgan fingerprint density at radius 3 is 2.09 bits per heavy atom. The summed E-state index contributed by atoms with van der Waals surface area (Å²) in [5.41, 5.74) is 9.96. The van der Waals surface area contributed by atoms with E-state index in [1.54, 1.807) is 0 Å². The molecule has 3 aromatic rings. The summed E-state index contributed by atoms with van der Waals surface area (Å²) in [6.07, 6.45) is -0.737. The summed E-state index contributed by atoms with van der Waals surface area (Å²) >= 11 is 0. The van der Waals surface area contributed by atoms with Gasteiger partial charge in [-0.1, -0.05) is 48.5 Å². The van der Waals surface area contributed by atoms with Crippen LogP contribution in [0.4, 0.5) is 10.5 Å². The maximum atomic E-state index is 12.6. The number of hydrogen-bond acceptors (Lipinski definition) is 6. The minimum absolute atomic E-state index is 0.0470. The number of hydrogen-bond donors (Lipinski definition) is 3. The number of nitrogens with two attached hydrogens (primary N) is 1. The molecule has 1 amide bonds. The Bertz CT molecular complexity index is 1210. The molecule has 0 aliphatic heterocycles. The smallest absolute Gasteiger partial charge is 0.407 e. The molecule has 1 aliphatic rings. The van der Waals surface area contributed by atoms with Gasteiger partial charge in [0.2, 0.25) is 0 Å². The Labute approximate surface area is 189 Å². The third kappa shape index (κ3) is 4.10. The first-order chi connectivity index (χ1) is 15.9. The van der Waals surface area contributed by atoms with Crippen molar-refractivity contribution in [3.63, 3.8) is 0 Å². The lowest BCUT2D eigenvalue weighted by Gasteiger charge is -2.15. The van der Waals surface area contributed by atoms with Crippen LogP contribution in [0.2, 0.25) is 0 Å². The lowest BCUT2D eigenvalue weighted by atomic mass is 9.98. The summed E-state index contributed by atoms with van der Waals surface area (Å²) in [7, 11) is 1.28. The molecule has 0 saturated heterocycles. The molecular formula is C25H22N2O6. The number of nitrogens with one attached hydrogen (secondary N) is 1. The van der Waals surface area contributed by atoms with Crippen molar-refractivity contribution >= 4 is 23.5 Å². The molecule has 0 fully saturated rings. The second-order valence-electron chi connectivity index (χ2n) is 7.52. The number of rotatable bonds is 7. The number of benzene rings is 3.